The van der Waals surface area contributed by atoms with Gasteiger partial charge in [0.2, 0.25) is 0 Å². The monoisotopic (exact) mass is 103 g/mol. The molecular formula is H5BCaMgNa. The van der Waals surface area contributed by atoms with Gasteiger partial charge in [0.1, 0.15) is 0 Å². The zero-order chi connectivity index (χ0) is 0. The van der Waals surface area contributed by atoms with Crippen molar-refractivity contribution >= 4 is 69.2 Å². The van der Waals surface area contributed by atoms with E-state index in [4.69, 9.17) is 0 Å². The maximum absolute atomic E-state index is 0. The van der Waals surface area contributed by atoms with Crippen LogP contribution in [-0.4, -0.2) is 69.2 Å². The second kappa shape index (κ2) is 16.5. The Bertz CT molecular complexity index is 16.9. The van der Waals surface area contributed by atoms with Gasteiger partial charge in [-0.15, -0.1) is 0 Å². The van der Waals surface area contributed by atoms with Gasteiger partial charge in [-0.3, -0.25) is 0 Å². The van der Waals surface area contributed by atoms with Gasteiger partial charge in [0, 0.05) is 8.41 Å². The smallest absolute Gasteiger partial charge is 1.00 e. The molecule has 0 aromatic heterocycles. The topological polar surface area (TPSA) is 0 Å². The minimum atomic E-state index is 0. The summed E-state index contributed by atoms with van der Waals surface area (Å²) in [5.74, 6) is 0. The zero-order valence-corrected chi connectivity index (χ0v) is 8.61. The van der Waals surface area contributed by atoms with Crippen LogP contribution in [0.1, 0.15) is 7.13 Å². The Morgan fingerprint density at radius 3 is 1.25 bits per heavy atom. The van der Waals surface area contributed by atoms with Crippen LogP contribution in [0.25, 0.3) is 0 Å². The minimum absolute atomic E-state index is 0. The predicted molar refractivity (Wildman–Crippen MR) is 22.8 cm³/mol. The Labute approximate surface area is 104 Å². The molecule has 4 heavy (non-hydrogen) atoms. The molecule has 0 spiro atoms. The zero-order valence-electron chi connectivity index (χ0n) is 7.99. The first-order chi connectivity index (χ1) is 0. The van der Waals surface area contributed by atoms with Gasteiger partial charge < -0.3 is 7.13 Å². The fraction of sp³-hybridized carbons (Fsp3) is 0. The van der Waals surface area contributed by atoms with Gasteiger partial charge >= 0.3 is 90.3 Å². The van der Waals surface area contributed by atoms with Crippen LogP contribution in [0.4, 0.5) is 0 Å². The number of hydrogen-bond donors (Lipinski definition) is 0. The van der Waals surface area contributed by atoms with E-state index in [1.165, 1.54) is 0 Å². The van der Waals surface area contributed by atoms with E-state index in [9.17, 15) is 0 Å². The Morgan fingerprint density at radius 1 is 1.25 bits per heavy atom. The second-order valence-electron chi connectivity index (χ2n) is 0. The molecule has 0 aromatic carbocycles. The van der Waals surface area contributed by atoms with Crippen molar-refractivity contribution in [2.24, 2.45) is 0 Å². The molecule has 0 nitrogen and oxygen atoms in total. The van der Waals surface area contributed by atoms with Crippen molar-refractivity contribution in [3.8, 4) is 0 Å². The molecule has 0 N–H and O–H groups in total. The van der Waals surface area contributed by atoms with Crippen LogP contribution in [0.3, 0.4) is 0 Å². The van der Waals surface area contributed by atoms with E-state index < -0.39 is 0 Å². The molecule has 0 atom stereocenters. The fourth-order valence-corrected chi connectivity index (χ4v) is 0. The van der Waals surface area contributed by atoms with Crippen molar-refractivity contribution in [1.29, 1.82) is 0 Å². The van der Waals surface area contributed by atoms with Gasteiger partial charge in [-0.1, -0.05) is 0 Å². The largest absolute Gasteiger partial charge is 2.00 e. The average molecular weight is 103 g/mol. The molecule has 0 amide bonds. The summed E-state index contributed by atoms with van der Waals surface area (Å²) in [6.45, 7) is 0. The maximum atomic E-state index is 0. The fourth-order valence-electron chi connectivity index (χ4n) is 0. The van der Waals surface area contributed by atoms with Crippen LogP contribution in [0, 0.1) is 0 Å². The molecule has 0 bridgehead atoms. The van der Waals surface area contributed by atoms with E-state index in [0.717, 1.165) is 0 Å². The third kappa shape index (κ3) is 8.92. The van der Waals surface area contributed by atoms with E-state index in [1.54, 1.807) is 0 Å². The first-order valence-corrected chi connectivity index (χ1v) is 0. The van der Waals surface area contributed by atoms with Crippen molar-refractivity contribution < 1.29 is 36.7 Å². The summed E-state index contributed by atoms with van der Waals surface area (Å²) >= 11 is 0. The molecule has 0 aliphatic heterocycles. The van der Waals surface area contributed by atoms with Crippen LogP contribution in [-0.2, 0) is 0 Å². The summed E-state index contributed by atoms with van der Waals surface area (Å²) in [4.78, 5) is 0. The summed E-state index contributed by atoms with van der Waals surface area (Å²) in [6, 6.07) is 0. The minimum Gasteiger partial charge on any atom is -1.00 e. The summed E-state index contributed by atoms with van der Waals surface area (Å²) in [5, 5.41) is 0. The van der Waals surface area contributed by atoms with Crippen molar-refractivity contribution in [3.05, 3.63) is 0 Å². The van der Waals surface area contributed by atoms with Crippen LogP contribution < -0.4 is 29.6 Å². The quantitative estimate of drug-likeness (QED) is 0.278. The summed E-state index contributed by atoms with van der Waals surface area (Å²) in [5.41, 5.74) is 0. The standard InChI is InChI=1S/B.Ca.Mg.Na.5H/q;2*+2;+1;5*-1. The van der Waals surface area contributed by atoms with Gasteiger partial charge in [0.25, 0.3) is 0 Å². The molecule has 0 aliphatic carbocycles. The Balaban J connectivity index is 0. The molecule has 0 saturated carbocycles. The normalized spacial score (nSPS) is 0. The van der Waals surface area contributed by atoms with Gasteiger partial charge in [-0.05, 0) is 0 Å². The van der Waals surface area contributed by atoms with Crippen LogP contribution in [0.5, 0.6) is 0 Å². The molecule has 0 aromatic rings. The first kappa shape index (κ1) is 27.5. The summed E-state index contributed by atoms with van der Waals surface area (Å²) in [7, 11) is 0. The van der Waals surface area contributed by atoms with Crippen molar-refractivity contribution in [2.75, 3.05) is 0 Å². The predicted octanol–water partition coefficient (Wildman–Crippen LogP) is -3.58. The number of rotatable bonds is 0. The molecule has 3 radical (unpaired) electrons. The molecule has 0 rings (SSSR count). The van der Waals surface area contributed by atoms with E-state index >= 15 is 0 Å². The molecular weight excluding hydrogens is 98.2 g/mol. The molecule has 0 unspecified atom stereocenters. The van der Waals surface area contributed by atoms with Crippen molar-refractivity contribution in [2.45, 2.75) is 0 Å². The van der Waals surface area contributed by atoms with Gasteiger partial charge in [-0.2, -0.15) is 0 Å². The van der Waals surface area contributed by atoms with Gasteiger partial charge in [0.15, 0.2) is 0 Å². The van der Waals surface area contributed by atoms with E-state index in [-0.39, 0.29) is 106 Å². The summed E-state index contributed by atoms with van der Waals surface area (Å²) < 4.78 is 0. The average Bonchev–Trinajstić information content (AvgIpc) is 0. The SMILES string of the molecule is [B].[Ca+2].[H-].[H-].[H-].[H-].[H-].[Mg+2].[Na+]. The molecule has 0 aliphatic rings. The molecule has 4 heteroatoms. The molecule has 0 heterocycles. The maximum Gasteiger partial charge on any atom is 2.00 e. The van der Waals surface area contributed by atoms with Crippen LogP contribution in [0.15, 0.2) is 0 Å². The molecule has 0 saturated heterocycles. The summed E-state index contributed by atoms with van der Waals surface area (Å²) in [6.07, 6.45) is 0. The Morgan fingerprint density at radius 2 is 1.25 bits per heavy atom. The van der Waals surface area contributed by atoms with E-state index in [1.807, 2.05) is 0 Å². The second-order valence-corrected chi connectivity index (χ2v) is 0. The van der Waals surface area contributed by atoms with Crippen molar-refractivity contribution in [3.63, 3.8) is 0 Å². The van der Waals surface area contributed by atoms with E-state index in [0.29, 0.717) is 0 Å². The Hall–Kier alpha value is 3.09. The number of hydrogen-bond acceptors (Lipinski definition) is 0. The first-order valence-electron chi connectivity index (χ1n) is 0. The Kier molecular flexibility index (Phi) is 114. The molecule has 13 valence electrons. The third-order valence-electron chi connectivity index (χ3n) is 0. The van der Waals surface area contributed by atoms with Crippen molar-refractivity contribution in [1.82, 2.24) is 0 Å². The van der Waals surface area contributed by atoms with Gasteiger partial charge in [0.05, 0.1) is 0 Å². The van der Waals surface area contributed by atoms with Gasteiger partial charge in [-0.25, -0.2) is 0 Å². The molecule has 0 fully saturated rings. The van der Waals surface area contributed by atoms with Crippen LogP contribution >= 0.6 is 0 Å². The van der Waals surface area contributed by atoms with Crippen LogP contribution in [0.2, 0.25) is 0 Å². The third-order valence-corrected chi connectivity index (χ3v) is 0. The van der Waals surface area contributed by atoms with E-state index in [2.05, 4.69) is 0 Å².